The van der Waals surface area contributed by atoms with Gasteiger partial charge in [0.2, 0.25) is 0 Å². The SMILES string of the molecule is c1ccc(-c2c3ccccc3c(-c3ccc4c(c3)sc3c(-c5c6ccccc6c(-c6ccc(-c7cccc8ccccc78)cc6)c6ccccc56)cccc34)c3ccccc23)cc1. The van der Waals surface area contributed by atoms with Crippen molar-refractivity contribution < 1.29 is 0 Å². The number of hydrogen-bond donors (Lipinski definition) is 0. The molecule has 63 heavy (non-hydrogen) atoms. The van der Waals surface area contributed by atoms with E-state index in [4.69, 9.17) is 0 Å². The Morgan fingerprint density at radius 3 is 1.21 bits per heavy atom. The molecule has 0 nitrogen and oxygen atoms in total. The Hall–Kier alpha value is -7.84. The van der Waals surface area contributed by atoms with Crippen molar-refractivity contribution in [3.8, 4) is 55.6 Å². The number of fused-ring (bicyclic) bond motifs is 8. The van der Waals surface area contributed by atoms with E-state index in [2.05, 4.69) is 231 Å². The molecule has 0 atom stereocenters. The highest BCUT2D eigenvalue weighted by atomic mass is 32.1. The largest absolute Gasteiger partial charge is 0.135 e. The Morgan fingerprint density at radius 2 is 0.619 bits per heavy atom. The summed E-state index contributed by atoms with van der Waals surface area (Å²) >= 11 is 1.92. The quantitative estimate of drug-likeness (QED) is 0.152. The second-order valence-corrected chi connectivity index (χ2v) is 17.7. The third-order valence-corrected chi connectivity index (χ3v) is 14.5. The zero-order valence-electron chi connectivity index (χ0n) is 34.3. The van der Waals surface area contributed by atoms with Gasteiger partial charge in [-0.3, -0.25) is 0 Å². The van der Waals surface area contributed by atoms with Gasteiger partial charge in [0.1, 0.15) is 0 Å². The molecule has 1 heterocycles. The van der Waals surface area contributed by atoms with E-state index in [1.54, 1.807) is 0 Å². The van der Waals surface area contributed by atoms with Crippen LogP contribution < -0.4 is 0 Å². The summed E-state index contributed by atoms with van der Waals surface area (Å²) in [4.78, 5) is 0. The molecule has 0 saturated carbocycles. The summed E-state index contributed by atoms with van der Waals surface area (Å²) in [7, 11) is 0. The molecule has 0 bridgehead atoms. The molecule has 0 N–H and O–H groups in total. The summed E-state index contributed by atoms with van der Waals surface area (Å²) in [5.41, 5.74) is 12.6. The predicted octanol–water partition coefficient (Wildman–Crippen LogP) is 18.2. The molecule has 0 aliphatic rings. The Kier molecular flexibility index (Phi) is 8.19. The van der Waals surface area contributed by atoms with Gasteiger partial charge in [-0.25, -0.2) is 0 Å². The molecule has 1 aromatic heterocycles. The van der Waals surface area contributed by atoms with Gasteiger partial charge in [-0.2, -0.15) is 0 Å². The van der Waals surface area contributed by atoms with Gasteiger partial charge in [-0.05, 0) is 110 Å². The lowest BCUT2D eigenvalue weighted by Crippen LogP contribution is -1.91. The summed E-state index contributed by atoms with van der Waals surface area (Å²) < 4.78 is 2.62. The van der Waals surface area contributed by atoms with Crippen LogP contribution in [0.2, 0.25) is 0 Å². The maximum absolute atomic E-state index is 2.45. The smallest absolute Gasteiger partial charge is 0.0434 e. The second-order valence-electron chi connectivity index (χ2n) is 16.6. The lowest BCUT2D eigenvalue weighted by atomic mass is 9.85. The number of hydrogen-bond acceptors (Lipinski definition) is 1. The number of thiophene rings is 1. The summed E-state index contributed by atoms with van der Waals surface area (Å²) in [6.07, 6.45) is 0. The molecule has 0 radical (unpaired) electrons. The first-order valence-corrected chi connectivity index (χ1v) is 22.6. The van der Waals surface area contributed by atoms with Crippen LogP contribution in [0.5, 0.6) is 0 Å². The summed E-state index contributed by atoms with van der Waals surface area (Å²) in [6, 6.07) is 85.3. The molecule has 0 saturated heterocycles. The van der Waals surface area contributed by atoms with E-state index in [1.807, 2.05) is 11.3 Å². The zero-order chi connectivity index (χ0) is 41.4. The molecule has 0 aliphatic carbocycles. The first-order chi connectivity index (χ1) is 31.3. The van der Waals surface area contributed by atoms with Crippen molar-refractivity contribution in [1.29, 1.82) is 0 Å². The van der Waals surface area contributed by atoms with Crippen LogP contribution in [0, 0.1) is 0 Å². The fraction of sp³-hybridized carbons (Fsp3) is 0. The molecule has 12 aromatic carbocycles. The van der Waals surface area contributed by atoms with Gasteiger partial charge in [-0.1, -0.05) is 224 Å². The Morgan fingerprint density at radius 1 is 0.222 bits per heavy atom. The highest BCUT2D eigenvalue weighted by molar-refractivity contribution is 7.26. The van der Waals surface area contributed by atoms with Crippen molar-refractivity contribution in [2.24, 2.45) is 0 Å². The van der Waals surface area contributed by atoms with E-state index in [0.29, 0.717) is 0 Å². The van der Waals surface area contributed by atoms with Crippen LogP contribution in [-0.4, -0.2) is 0 Å². The summed E-state index contributed by atoms with van der Waals surface area (Å²) in [5.74, 6) is 0. The molecule has 0 aliphatic heterocycles. The Bertz CT molecular complexity index is 3830. The molecule has 0 unspecified atom stereocenters. The van der Waals surface area contributed by atoms with Gasteiger partial charge < -0.3 is 0 Å². The monoisotopic (exact) mass is 814 g/mol. The van der Waals surface area contributed by atoms with E-state index in [1.165, 1.54) is 130 Å². The highest BCUT2D eigenvalue weighted by Crippen LogP contribution is 2.50. The van der Waals surface area contributed by atoms with Gasteiger partial charge in [0, 0.05) is 25.7 Å². The Balaban J connectivity index is 0.997. The van der Waals surface area contributed by atoms with Crippen molar-refractivity contribution >= 4 is 85.4 Å². The Labute approximate surface area is 369 Å². The standard InChI is InChI=1S/C62H38S/c1-2-17-41(18-3-1)58-47-21-6-8-23-49(47)60(50-24-9-7-22-48(50)58)43-36-37-46-55-30-15-31-56(62(55)63-57(46)38-43)61-53-27-12-10-25-51(53)59(52-26-11-13-28-54(52)61)42-34-32-40(33-35-42)45-29-14-19-39-16-4-5-20-44(39)45/h1-38H. The zero-order valence-corrected chi connectivity index (χ0v) is 35.2. The van der Waals surface area contributed by atoms with E-state index < -0.39 is 0 Å². The average Bonchev–Trinajstić information content (AvgIpc) is 3.73. The lowest BCUT2D eigenvalue weighted by molar-refractivity contribution is 1.63. The minimum absolute atomic E-state index is 1.22. The molecule has 13 rings (SSSR count). The van der Waals surface area contributed by atoms with Gasteiger partial charge in [0.25, 0.3) is 0 Å². The van der Waals surface area contributed by atoms with Gasteiger partial charge in [-0.15, -0.1) is 11.3 Å². The molecule has 0 fully saturated rings. The maximum atomic E-state index is 2.45. The molecular weight excluding hydrogens is 777 g/mol. The number of benzene rings is 12. The first kappa shape index (κ1) is 35.9. The maximum Gasteiger partial charge on any atom is 0.0434 e. The molecule has 1 heteroatoms. The van der Waals surface area contributed by atoms with Crippen LogP contribution >= 0.6 is 11.3 Å². The molecule has 0 amide bonds. The van der Waals surface area contributed by atoms with E-state index >= 15 is 0 Å². The highest BCUT2D eigenvalue weighted by Gasteiger charge is 2.21. The van der Waals surface area contributed by atoms with Crippen LogP contribution in [0.15, 0.2) is 231 Å². The third-order valence-electron chi connectivity index (χ3n) is 13.3. The van der Waals surface area contributed by atoms with Crippen molar-refractivity contribution in [1.82, 2.24) is 0 Å². The van der Waals surface area contributed by atoms with Gasteiger partial charge in [0.05, 0.1) is 0 Å². The van der Waals surface area contributed by atoms with E-state index in [0.717, 1.165) is 0 Å². The molecule has 0 spiro atoms. The topological polar surface area (TPSA) is 0 Å². The summed E-state index contributed by atoms with van der Waals surface area (Å²) in [5, 5.41) is 15.3. The fourth-order valence-electron chi connectivity index (χ4n) is 10.5. The van der Waals surface area contributed by atoms with Crippen LogP contribution in [0.4, 0.5) is 0 Å². The van der Waals surface area contributed by atoms with Crippen LogP contribution in [0.3, 0.4) is 0 Å². The second kappa shape index (κ2) is 14.4. The molecule has 13 aromatic rings. The predicted molar refractivity (Wildman–Crippen MR) is 274 cm³/mol. The first-order valence-electron chi connectivity index (χ1n) is 21.8. The normalized spacial score (nSPS) is 11.8. The summed E-state index contributed by atoms with van der Waals surface area (Å²) in [6.45, 7) is 0. The van der Waals surface area contributed by atoms with Crippen LogP contribution in [0.25, 0.3) is 130 Å². The van der Waals surface area contributed by atoms with Crippen molar-refractivity contribution in [3.63, 3.8) is 0 Å². The van der Waals surface area contributed by atoms with E-state index in [-0.39, 0.29) is 0 Å². The molecular formula is C62H38S. The minimum Gasteiger partial charge on any atom is -0.135 e. The lowest BCUT2D eigenvalue weighted by Gasteiger charge is -2.18. The van der Waals surface area contributed by atoms with Gasteiger partial charge >= 0.3 is 0 Å². The number of rotatable bonds is 5. The van der Waals surface area contributed by atoms with E-state index in [9.17, 15) is 0 Å². The fourth-order valence-corrected chi connectivity index (χ4v) is 11.8. The molecule has 292 valence electrons. The third kappa shape index (κ3) is 5.60. The van der Waals surface area contributed by atoms with Gasteiger partial charge in [0.15, 0.2) is 0 Å². The average molecular weight is 815 g/mol. The van der Waals surface area contributed by atoms with Crippen LogP contribution in [-0.2, 0) is 0 Å². The van der Waals surface area contributed by atoms with Crippen molar-refractivity contribution in [2.75, 3.05) is 0 Å². The van der Waals surface area contributed by atoms with Crippen molar-refractivity contribution in [2.45, 2.75) is 0 Å². The minimum atomic E-state index is 1.22. The van der Waals surface area contributed by atoms with Crippen molar-refractivity contribution in [3.05, 3.63) is 231 Å². The van der Waals surface area contributed by atoms with Crippen LogP contribution in [0.1, 0.15) is 0 Å².